The van der Waals surface area contributed by atoms with E-state index < -0.39 is 18.8 Å². The average Bonchev–Trinajstić information content (AvgIpc) is 2.59. The standard InChI is InChI=1S/C17H23F3N2O3.ClH/c1-11(22-16(23)15(21)13-6-8-24-9-7-13)12-2-4-14(5-3-12)25-10-17(18,19)20;/h2-5,11,13,15H,6-10,21H2,1H3,(H,22,23);1H. The van der Waals surface area contributed by atoms with Gasteiger partial charge in [-0.05, 0) is 43.4 Å². The van der Waals surface area contributed by atoms with Crippen molar-refractivity contribution in [1.29, 1.82) is 0 Å². The Labute approximate surface area is 156 Å². The van der Waals surface area contributed by atoms with Crippen LogP contribution < -0.4 is 15.8 Å². The van der Waals surface area contributed by atoms with Gasteiger partial charge in [0.25, 0.3) is 0 Å². The molecule has 1 saturated heterocycles. The summed E-state index contributed by atoms with van der Waals surface area (Å²) in [5.74, 6) is -0.0191. The first-order valence-electron chi connectivity index (χ1n) is 8.19. The van der Waals surface area contributed by atoms with Crippen LogP contribution in [0.4, 0.5) is 13.2 Å². The van der Waals surface area contributed by atoms with Gasteiger partial charge in [-0.2, -0.15) is 13.2 Å². The second-order valence-corrected chi connectivity index (χ2v) is 6.18. The van der Waals surface area contributed by atoms with Crippen molar-refractivity contribution in [1.82, 2.24) is 5.32 Å². The van der Waals surface area contributed by atoms with E-state index in [0.29, 0.717) is 13.2 Å². The van der Waals surface area contributed by atoms with Crippen LogP contribution in [0, 0.1) is 5.92 Å². The first-order chi connectivity index (χ1) is 11.8. The Morgan fingerprint density at radius 3 is 2.42 bits per heavy atom. The van der Waals surface area contributed by atoms with E-state index in [1.165, 1.54) is 12.1 Å². The molecule has 1 aromatic rings. The van der Waals surface area contributed by atoms with Crippen LogP contribution in [0.5, 0.6) is 5.75 Å². The highest BCUT2D eigenvalue weighted by atomic mass is 35.5. The van der Waals surface area contributed by atoms with Crippen molar-refractivity contribution >= 4 is 18.3 Å². The van der Waals surface area contributed by atoms with Gasteiger partial charge in [0.15, 0.2) is 6.61 Å². The van der Waals surface area contributed by atoms with Crippen molar-refractivity contribution in [3.05, 3.63) is 29.8 Å². The predicted molar refractivity (Wildman–Crippen MR) is 93.3 cm³/mol. The summed E-state index contributed by atoms with van der Waals surface area (Å²) in [7, 11) is 0. The third-order valence-corrected chi connectivity index (χ3v) is 4.22. The lowest BCUT2D eigenvalue weighted by atomic mass is 9.91. The molecule has 2 rings (SSSR count). The fraction of sp³-hybridized carbons (Fsp3) is 0.588. The molecule has 1 heterocycles. The van der Waals surface area contributed by atoms with E-state index >= 15 is 0 Å². The number of hydrogen-bond acceptors (Lipinski definition) is 4. The zero-order valence-corrected chi connectivity index (χ0v) is 15.2. The monoisotopic (exact) mass is 396 g/mol. The minimum atomic E-state index is -4.37. The number of rotatable bonds is 6. The van der Waals surface area contributed by atoms with Gasteiger partial charge in [-0.1, -0.05) is 12.1 Å². The topological polar surface area (TPSA) is 73.6 Å². The van der Waals surface area contributed by atoms with Gasteiger partial charge in [-0.15, -0.1) is 12.4 Å². The zero-order valence-electron chi connectivity index (χ0n) is 14.4. The molecular formula is C17H24ClF3N2O3. The molecule has 1 amide bonds. The highest BCUT2D eigenvalue weighted by molar-refractivity contribution is 5.85. The van der Waals surface area contributed by atoms with Gasteiger partial charge in [-0.3, -0.25) is 4.79 Å². The number of hydrogen-bond donors (Lipinski definition) is 2. The van der Waals surface area contributed by atoms with Crippen molar-refractivity contribution in [2.45, 2.75) is 38.0 Å². The maximum Gasteiger partial charge on any atom is 0.422 e. The fourth-order valence-electron chi connectivity index (χ4n) is 2.70. The van der Waals surface area contributed by atoms with Gasteiger partial charge in [-0.25, -0.2) is 0 Å². The zero-order chi connectivity index (χ0) is 18.4. The molecule has 0 bridgehead atoms. The van der Waals surface area contributed by atoms with E-state index in [1.54, 1.807) is 19.1 Å². The van der Waals surface area contributed by atoms with E-state index in [9.17, 15) is 18.0 Å². The van der Waals surface area contributed by atoms with Crippen LogP contribution in [0.15, 0.2) is 24.3 Å². The number of amides is 1. The molecule has 0 aromatic heterocycles. The summed E-state index contributed by atoms with van der Waals surface area (Å²) in [6.45, 7) is 1.68. The summed E-state index contributed by atoms with van der Waals surface area (Å²) in [5, 5.41) is 2.84. The number of carbonyl (C=O) groups is 1. The third kappa shape index (κ3) is 7.01. The van der Waals surface area contributed by atoms with Gasteiger partial charge >= 0.3 is 6.18 Å². The Morgan fingerprint density at radius 1 is 1.31 bits per heavy atom. The third-order valence-electron chi connectivity index (χ3n) is 4.22. The first-order valence-corrected chi connectivity index (χ1v) is 8.19. The first kappa shape index (κ1) is 22.5. The Hall–Kier alpha value is -1.51. The number of halogens is 4. The minimum Gasteiger partial charge on any atom is -0.484 e. The summed E-state index contributed by atoms with van der Waals surface area (Å²) in [6, 6.07) is 5.23. The van der Waals surface area contributed by atoms with Crippen molar-refractivity contribution in [2.75, 3.05) is 19.8 Å². The number of carbonyl (C=O) groups excluding carboxylic acids is 1. The molecule has 9 heteroatoms. The quantitative estimate of drug-likeness (QED) is 0.775. The average molecular weight is 397 g/mol. The van der Waals surface area contributed by atoms with Gasteiger partial charge in [0, 0.05) is 13.2 Å². The summed E-state index contributed by atoms with van der Waals surface area (Å²) >= 11 is 0. The fourth-order valence-corrected chi connectivity index (χ4v) is 2.70. The molecule has 148 valence electrons. The van der Waals surface area contributed by atoms with Crippen LogP contribution in [0.25, 0.3) is 0 Å². The molecule has 2 unspecified atom stereocenters. The van der Waals surface area contributed by atoms with Crippen molar-refractivity contribution in [3.63, 3.8) is 0 Å². The van der Waals surface area contributed by atoms with Crippen LogP contribution >= 0.6 is 12.4 Å². The smallest absolute Gasteiger partial charge is 0.422 e. The van der Waals surface area contributed by atoms with Crippen LogP contribution in [0.2, 0.25) is 0 Å². The second kappa shape index (κ2) is 9.99. The lowest BCUT2D eigenvalue weighted by molar-refractivity contribution is -0.153. The predicted octanol–water partition coefficient (Wildman–Crippen LogP) is 2.98. The van der Waals surface area contributed by atoms with Crippen LogP contribution in [0.1, 0.15) is 31.4 Å². The Kier molecular flexibility index (Phi) is 8.66. The molecule has 2 atom stereocenters. The summed E-state index contributed by atoms with van der Waals surface area (Å²) in [5.41, 5.74) is 6.78. The molecule has 1 aromatic carbocycles. The van der Waals surface area contributed by atoms with Crippen molar-refractivity contribution in [2.24, 2.45) is 11.7 Å². The van der Waals surface area contributed by atoms with E-state index in [-0.39, 0.29) is 36.0 Å². The number of ether oxygens (including phenoxy) is 2. The maximum atomic E-state index is 12.3. The van der Waals surface area contributed by atoms with E-state index in [2.05, 4.69) is 10.1 Å². The van der Waals surface area contributed by atoms with Crippen molar-refractivity contribution in [3.8, 4) is 5.75 Å². The van der Waals surface area contributed by atoms with Gasteiger partial charge < -0.3 is 20.5 Å². The maximum absolute atomic E-state index is 12.3. The number of nitrogens with one attached hydrogen (secondary N) is 1. The van der Waals surface area contributed by atoms with E-state index in [1.807, 2.05) is 0 Å². The lowest BCUT2D eigenvalue weighted by Gasteiger charge is -2.28. The van der Waals surface area contributed by atoms with E-state index in [0.717, 1.165) is 18.4 Å². The van der Waals surface area contributed by atoms with Crippen molar-refractivity contribution < 1.29 is 27.4 Å². The number of nitrogens with two attached hydrogens (primary N) is 1. The molecule has 1 aliphatic heterocycles. The largest absolute Gasteiger partial charge is 0.484 e. The van der Waals surface area contributed by atoms with Gasteiger partial charge in [0.05, 0.1) is 12.1 Å². The Balaban J connectivity index is 0.00000338. The molecule has 1 fully saturated rings. The lowest BCUT2D eigenvalue weighted by Crippen LogP contribution is -2.47. The van der Waals surface area contributed by atoms with Crippen LogP contribution in [-0.2, 0) is 9.53 Å². The Morgan fingerprint density at radius 2 is 1.88 bits per heavy atom. The molecule has 3 N–H and O–H groups in total. The molecule has 1 aliphatic rings. The summed E-state index contributed by atoms with van der Waals surface area (Å²) in [6.07, 6.45) is -2.86. The second-order valence-electron chi connectivity index (χ2n) is 6.18. The Bertz CT molecular complexity index is 563. The van der Waals surface area contributed by atoms with Gasteiger partial charge in [0.2, 0.25) is 5.91 Å². The molecule has 0 radical (unpaired) electrons. The SMILES string of the molecule is CC(NC(=O)C(N)C1CCOCC1)c1ccc(OCC(F)(F)F)cc1.Cl. The summed E-state index contributed by atoms with van der Waals surface area (Å²) < 4.78 is 46.3. The molecule has 26 heavy (non-hydrogen) atoms. The van der Waals surface area contributed by atoms with Crippen LogP contribution in [-0.4, -0.2) is 37.9 Å². The van der Waals surface area contributed by atoms with Crippen LogP contribution in [0.3, 0.4) is 0 Å². The highest BCUT2D eigenvalue weighted by Gasteiger charge is 2.29. The summed E-state index contributed by atoms with van der Waals surface area (Å²) in [4.78, 5) is 12.3. The molecule has 5 nitrogen and oxygen atoms in total. The minimum absolute atomic E-state index is 0. The normalized spacial score (nSPS) is 17.7. The van der Waals surface area contributed by atoms with E-state index in [4.69, 9.17) is 10.5 Å². The molecule has 0 spiro atoms. The molecular weight excluding hydrogens is 373 g/mol. The molecule has 0 aliphatic carbocycles. The van der Waals surface area contributed by atoms with Gasteiger partial charge in [0.1, 0.15) is 5.75 Å². The number of alkyl halides is 3. The number of benzene rings is 1. The molecule has 0 saturated carbocycles. The highest BCUT2D eigenvalue weighted by Crippen LogP contribution is 2.22.